The van der Waals surface area contributed by atoms with Crippen LogP contribution in [-0.4, -0.2) is 38.7 Å². The summed E-state index contributed by atoms with van der Waals surface area (Å²) in [6, 6.07) is 10.8. The van der Waals surface area contributed by atoms with Crippen molar-refractivity contribution in [3.05, 3.63) is 58.4 Å². The van der Waals surface area contributed by atoms with Crippen molar-refractivity contribution in [2.24, 2.45) is 0 Å². The Morgan fingerprint density at radius 1 is 1.15 bits per heavy atom. The molecule has 27 heavy (non-hydrogen) atoms. The molecule has 0 spiro atoms. The van der Waals surface area contributed by atoms with E-state index in [1.54, 1.807) is 24.3 Å². The first-order valence-electron chi connectivity index (χ1n) is 8.51. The minimum atomic E-state index is -3.72. The average molecular weight is 393 g/mol. The van der Waals surface area contributed by atoms with Gasteiger partial charge in [0.05, 0.1) is 10.6 Å². The van der Waals surface area contributed by atoms with Crippen LogP contribution >= 0.6 is 0 Å². The van der Waals surface area contributed by atoms with Crippen LogP contribution in [0.3, 0.4) is 0 Å². The Labute approximate surface area is 156 Å². The van der Waals surface area contributed by atoms with Gasteiger partial charge in [-0.1, -0.05) is 18.2 Å². The first-order chi connectivity index (χ1) is 12.8. The van der Waals surface area contributed by atoms with Crippen LogP contribution in [0.15, 0.2) is 47.4 Å². The predicted octanol–water partition coefficient (Wildman–Crippen LogP) is 3.22. The molecule has 1 heterocycles. The van der Waals surface area contributed by atoms with Crippen LogP contribution in [0.25, 0.3) is 0 Å². The number of para-hydroxylation sites is 2. The molecule has 1 aliphatic heterocycles. The number of anilines is 2. The Bertz CT molecular complexity index is 957. The summed E-state index contributed by atoms with van der Waals surface area (Å²) in [6.45, 7) is 1.00. The van der Waals surface area contributed by atoms with Gasteiger partial charge in [-0.15, -0.1) is 0 Å². The summed E-state index contributed by atoms with van der Waals surface area (Å²) in [5.41, 5.74) is 0.341. The number of piperidine rings is 1. The molecule has 1 aliphatic rings. The van der Waals surface area contributed by atoms with Crippen molar-refractivity contribution < 1.29 is 17.7 Å². The smallest absolute Gasteiger partial charge is 0.311 e. The number of halogens is 1. The van der Waals surface area contributed by atoms with Crippen molar-refractivity contribution in [3.8, 4) is 0 Å². The van der Waals surface area contributed by atoms with Gasteiger partial charge in [-0.3, -0.25) is 10.1 Å². The molecule has 1 saturated heterocycles. The van der Waals surface area contributed by atoms with Crippen LogP contribution in [0.2, 0.25) is 0 Å². The minimum Gasteiger partial charge on any atom is -0.380 e. The number of nitrogens with zero attached hydrogens (tertiary/aromatic N) is 2. The molecular weight excluding hydrogens is 373 g/mol. The molecule has 1 fully saturated rings. The molecule has 0 aromatic heterocycles. The molecule has 0 saturated carbocycles. The van der Waals surface area contributed by atoms with Gasteiger partial charge >= 0.3 is 5.69 Å². The second-order valence-electron chi connectivity index (χ2n) is 6.54. The molecule has 0 aliphatic carbocycles. The second-order valence-corrected chi connectivity index (χ2v) is 8.52. The fraction of sp³-hybridized carbons (Fsp3) is 0.333. The predicted molar refractivity (Wildman–Crippen MR) is 101 cm³/mol. The summed E-state index contributed by atoms with van der Waals surface area (Å²) in [6.07, 6.45) is 2.26. The Kier molecular flexibility index (Phi) is 5.31. The number of sulfone groups is 1. The molecule has 0 atom stereocenters. The van der Waals surface area contributed by atoms with Crippen LogP contribution in [0.1, 0.15) is 12.8 Å². The molecule has 0 amide bonds. The summed E-state index contributed by atoms with van der Waals surface area (Å²) >= 11 is 0. The van der Waals surface area contributed by atoms with Gasteiger partial charge < -0.3 is 10.2 Å². The van der Waals surface area contributed by atoms with E-state index in [1.165, 1.54) is 18.2 Å². The van der Waals surface area contributed by atoms with Gasteiger partial charge in [0.25, 0.3) is 0 Å². The Balaban J connectivity index is 1.78. The summed E-state index contributed by atoms with van der Waals surface area (Å²) < 4.78 is 37.6. The van der Waals surface area contributed by atoms with Gasteiger partial charge in [0.15, 0.2) is 9.84 Å². The van der Waals surface area contributed by atoms with E-state index in [0.29, 0.717) is 37.3 Å². The maximum atomic E-state index is 13.8. The van der Waals surface area contributed by atoms with E-state index in [4.69, 9.17) is 0 Å². The van der Waals surface area contributed by atoms with Crippen molar-refractivity contribution >= 4 is 26.9 Å². The molecule has 0 unspecified atom stereocenters. The van der Waals surface area contributed by atoms with E-state index in [9.17, 15) is 22.9 Å². The molecule has 1 N–H and O–H groups in total. The number of rotatable bonds is 5. The fourth-order valence-corrected chi connectivity index (χ4v) is 4.17. The topological polar surface area (TPSA) is 92.6 Å². The maximum absolute atomic E-state index is 13.8. The largest absolute Gasteiger partial charge is 0.380 e. The third-order valence-corrected chi connectivity index (χ3v) is 5.76. The SMILES string of the molecule is CS(=O)(=O)c1cccc(N2CCC(Nc3ccccc3F)CC2)c1[N+](=O)[O-]. The number of nitro groups is 1. The third kappa shape index (κ3) is 4.19. The van der Waals surface area contributed by atoms with Crippen molar-refractivity contribution in [1.29, 1.82) is 0 Å². The zero-order valence-corrected chi connectivity index (χ0v) is 15.6. The highest BCUT2D eigenvalue weighted by atomic mass is 32.2. The zero-order valence-electron chi connectivity index (χ0n) is 14.8. The fourth-order valence-electron chi connectivity index (χ4n) is 3.31. The standard InChI is InChI=1S/C18H20FN3O4S/c1-27(25,26)17-8-4-7-16(18(17)22(23)24)21-11-9-13(10-12-21)20-15-6-3-2-5-14(15)19/h2-8,13,20H,9-12H2,1H3. The molecular formula is C18H20FN3O4S. The lowest BCUT2D eigenvalue weighted by Gasteiger charge is -2.34. The molecule has 9 heteroatoms. The zero-order chi connectivity index (χ0) is 19.6. The van der Waals surface area contributed by atoms with Crippen LogP contribution < -0.4 is 10.2 Å². The lowest BCUT2D eigenvalue weighted by Crippen LogP contribution is -2.39. The average Bonchev–Trinajstić information content (AvgIpc) is 2.63. The van der Waals surface area contributed by atoms with Gasteiger partial charge in [-0.25, -0.2) is 12.8 Å². The minimum absolute atomic E-state index is 0.0373. The van der Waals surface area contributed by atoms with Gasteiger partial charge in [0.2, 0.25) is 0 Å². The van der Waals surface area contributed by atoms with Gasteiger partial charge in [0, 0.05) is 25.4 Å². The molecule has 2 aromatic carbocycles. The van der Waals surface area contributed by atoms with E-state index in [2.05, 4.69) is 5.32 Å². The first kappa shape index (κ1) is 19.1. The van der Waals surface area contributed by atoms with Crippen LogP contribution in [0.5, 0.6) is 0 Å². The molecule has 0 bridgehead atoms. The number of hydrogen-bond donors (Lipinski definition) is 1. The molecule has 0 radical (unpaired) electrons. The summed E-state index contributed by atoms with van der Waals surface area (Å²) in [4.78, 5) is 12.4. The highest BCUT2D eigenvalue weighted by Gasteiger charge is 2.30. The van der Waals surface area contributed by atoms with Gasteiger partial charge in [0.1, 0.15) is 16.4 Å². The Hall–Kier alpha value is -2.68. The monoisotopic (exact) mass is 393 g/mol. The molecule has 144 valence electrons. The first-order valence-corrected chi connectivity index (χ1v) is 10.4. The van der Waals surface area contributed by atoms with Crippen molar-refractivity contribution in [3.63, 3.8) is 0 Å². The number of nitrogens with one attached hydrogen (secondary N) is 1. The Morgan fingerprint density at radius 3 is 2.41 bits per heavy atom. The second kappa shape index (κ2) is 7.51. The van der Waals surface area contributed by atoms with E-state index >= 15 is 0 Å². The quantitative estimate of drug-likeness (QED) is 0.619. The summed E-state index contributed by atoms with van der Waals surface area (Å²) in [5, 5.41) is 14.7. The number of benzene rings is 2. The molecule has 7 nitrogen and oxygen atoms in total. The normalized spacial score (nSPS) is 15.6. The third-order valence-electron chi connectivity index (χ3n) is 4.63. The van der Waals surface area contributed by atoms with Crippen molar-refractivity contribution in [1.82, 2.24) is 0 Å². The van der Waals surface area contributed by atoms with Crippen LogP contribution in [-0.2, 0) is 9.84 Å². The lowest BCUT2D eigenvalue weighted by atomic mass is 10.0. The summed E-state index contributed by atoms with van der Waals surface area (Å²) in [7, 11) is -3.72. The number of nitro benzene ring substituents is 1. The highest BCUT2D eigenvalue weighted by molar-refractivity contribution is 7.90. The lowest BCUT2D eigenvalue weighted by molar-refractivity contribution is -0.387. The van der Waals surface area contributed by atoms with E-state index < -0.39 is 14.8 Å². The van der Waals surface area contributed by atoms with Crippen molar-refractivity contribution in [2.45, 2.75) is 23.8 Å². The number of hydrogen-bond acceptors (Lipinski definition) is 6. The van der Waals surface area contributed by atoms with E-state index in [0.717, 1.165) is 6.26 Å². The van der Waals surface area contributed by atoms with Crippen LogP contribution in [0, 0.1) is 15.9 Å². The van der Waals surface area contributed by atoms with Crippen LogP contribution in [0.4, 0.5) is 21.5 Å². The van der Waals surface area contributed by atoms with Gasteiger partial charge in [-0.2, -0.15) is 0 Å². The highest BCUT2D eigenvalue weighted by Crippen LogP contribution is 2.36. The van der Waals surface area contributed by atoms with Gasteiger partial charge in [-0.05, 0) is 37.1 Å². The maximum Gasteiger partial charge on any atom is 0.311 e. The molecule has 2 aromatic rings. The summed E-state index contributed by atoms with van der Waals surface area (Å²) in [5.74, 6) is -0.323. The van der Waals surface area contributed by atoms with E-state index in [1.807, 2.05) is 4.90 Å². The Morgan fingerprint density at radius 2 is 1.81 bits per heavy atom. The molecule has 3 rings (SSSR count). The van der Waals surface area contributed by atoms with E-state index in [-0.39, 0.29) is 22.4 Å². The van der Waals surface area contributed by atoms with Crippen molar-refractivity contribution in [2.75, 3.05) is 29.6 Å².